The molecule has 1 N–H and O–H groups in total. The van der Waals surface area contributed by atoms with Gasteiger partial charge in [-0.1, -0.05) is 12.1 Å². The number of rotatable bonds is 6. The lowest BCUT2D eigenvalue weighted by Gasteiger charge is -2.11. The molecule has 0 unspecified atom stereocenters. The van der Waals surface area contributed by atoms with Crippen molar-refractivity contribution in [3.63, 3.8) is 0 Å². The lowest BCUT2D eigenvalue weighted by molar-refractivity contribution is -0.116. The van der Waals surface area contributed by atoms with Crippen molar-refractivity contribution in [1.82, 2.24) is 9.97 Å². The molecule has 2 heterocycles. The standard InChI is InChI=1S/C21H24N4O2/c1-14-5-6-16(11-15(14)2)18-13-23-21(27-18)10-9-20(26)24-17-7-8-19(22-12-17)25(3)4/h5-8,11-13H,9-10H2,1-4H3,(H,24,26). The summed E-state index contributed by atoms with van der Waals surface area (Å²) in [5.41, 5.74) is 4.11. The molecule has 1 aromatic carbocycles. The molecule has 27 heavy (non-hydrogen) atoms. The fourth-order valence-corrected chi connectivity index (χ4v) is 2.62. The maximum absolute atomic E-state index is 12.1. The number of aromatic nitrogens is 2. The first-order valence-corrected chi connectivity index (χ1v) is 8.88. The molecule has 3 aromatic rings. The molecular formula is C21H24N4O2. The van der Waals surface area contributed by atoms with Crippen LogP contribution in [0, 0.1) is 13.8 Å². The topological polar surface area (TPSA) is 71.3 Å². The van der Waals surface area contributed by atoms with Crippen LogP contribution >= 0.6 is 0 Å². The molecule has 6 heteroatoms. The van der Waals surface area contributed by atoms with Gasteiger partial charge in [-0.25, -0.2) is 9.97 Å². The molecule has 0 bridgehead atoms. The van der Waals surface area contributed by atoms with E-state index in [9.17, 15) is 4.79 Å². The van der Waals surface area contributed by atoms with Gasteiger partial charge < -0.3 is 14.6 Å². The molecule has 0 saturated carbocycles. The number of nitrogens with one attached hydrogen (secondary N) is 1. The number of hydrogen-bond acceptors (Lipinski definition) is 5. The Hall–Kier alpha value is -3.15. The molecule has 1 amide bonds. The highest BCUT2D eigenvalue weighted by Crippen LogP contribution is 2.23. The SMILES string of the molecule is Cc1ccc(-c2cnc(CCC(=O)Nc3ccc(N(C)C)nc3)o2)cc1C. The van der Waals surface area contributed by atoms with Crippen LogP contribution < -0.4 is 10.2 Å². The number of aryl methyl sites for hydroxylation is 3. The molecule has 3 rings (SSSR count). The monoisotopic (exact) mass is 364 g/mol. The number of nitrogens with zero attached hydrogens (tertiary/aromatic N) is 3. The van der Waals surface area contributed by atoms with Crippen LogP contribution in [0.15, 0.2) is 47.1 Å². The molecule has 2 aromatic heterocycles. The van der Waals surface area contributed by atoms with Crippen LogP contribution in [0.4, 0.5) is 11.5 Å². The highest BCUT2D eigenvalue weighted by Gasteiger charge is 2.10. The van der Waals surface area contributed by atoms with E-state index < -0.39 is 0 Å². The third kappa shape index (κ3) is 4.73. The van der Waals surface area contributed by atoms with E-state index in [1.165, 1.54) is 11.1 Å². The Morgan fingerprint density at radius 1 is 1.07 bits per heavy atom. The number of hydrogen-bond donors (Lipinski definition) is 1. The van der Waals surface area contributed by atoms with E-state index in [1.807, 2.05) is 37.2 Å². The van der Waals surface area contributed by atoms with Crippen LogP contribution in [0.25, 0.3) is 11.3 Å². The zero-order chi connectivity index (χ0) is 19.4. The zero-order valence-electron chi connectivity index (χ0n) is 16.1. The second-order valence-electron chi connectivity index (χ2n) is 6.76. The minimum atomic E-state index is -0.0969. The van der Waals surface area contributed by atoms with E-state index >= 15 is 0 Å². The summed E-state index contributed by atoms with van der Waals surface area (Å²) in [6, 6.07) is 9.86. The highest BCUT2D eigenvalue weighted by atomic mass is 16.4. The Bertz CT molecular complexity index is 930. The van der Waals surface area contributed by atoms with E-state index in [4.69, 9.17) is 4.42 Å². The predicted octanol–water partition coefficient (Wildman–Crippen LogP) is 3.99. The summed E-state index contributed by atoms with van der Waals surface area (Å²) in [4.78, 5) is 22.6. The van der Waals surface area contributed by atoms with Gasteiger partial charge in [-0.15, -0.1) is 0 Å². The van der Waals surface area contributed by atoms with Crippen LogP contribution in [0.5, 0.6) is 0 Å². The highest BCUT2D eigenvalue weighted by molar-refractivity contribution is 5.90. The molecule has 0 aliphatic carbocycles. The number of amides is 1. The van der Waals surface area contributed by atoms with Gasteiger partial charge >= 0.3 is 0 Å². The molecule has 0 spiro atoms. The average Bonchev–Trinajstić information content (AvgIpc) is 3.12. The van der Waals surface area contributed by atoms with Gasteiger partial charge in [0.1, 0.15) is 5.82 Å². The van der Waals surface area contributed by atoms with Gasteiger partial charge in [0.05, 0.1) is 18.1 Å². The number of carbonyl (C=O) groups is 1. The lowest BCUT2D eigenvalue weighted by Crippen LogP contribution is -2.14. The molecule has 0 aliphatic rings. The van der Waals surface area contributed by atoms with Crippen molar-refractivity contribution in [2.75, 3.05) is 24.3 Å². The summed E-state index contributed by atoms with van der Waals surface area (Å²) in [6.45, 7) is 4.15. The Kier molecular flexibility index (Phi) is 5.54. The van der Waals surface area contributed by atoms with Gasteiger partial charge in [-0.05, 0) is 43.2 Å². The van der Waals surface area contributed by atoms with Crippen LogP contribution in [-0.4, -0.2) is 30.0 Å². The first-order valence-electron chi connectivity index (χ1n) is 8.88. The summed E-state index contributed by atoms with van der Waals surface area (Å²) < 4.78 is 5.80. The van der Waals surface area contributed by atoms with E-state index in [-0.39, 0.29) is 5.91 Å². The maximum Gasteiger partial charge on any atom is 0.224 e. The third-order valence-electron chi connectivity index (χ3n) is 4.40. The molecule has 0 radical (unpaired) electrons. The van der Waals surface area contributed by atoms with Gasteiger partial charge in [0, 0.05) is 32.5 Å². The van der Waals surface area contributed by atoms with Crippen molar-refractivity contribution in [3.8, 4) is 11.3 Å². The Morgan fingerprint density at radius 2 is 1.89 bits per heavy atom. The van der Waals surface area contributed by atoms with Crippen molar-refractivity contribution in [3.05, 3.63) is 59.7 Å². The summed E-state index contributed by atoms with van der Waals surface area (Å²) >= 11 is 0. The van der Waals surface area contributed by atoms with E-state index in [0.717, 1.165) is 17.1 Å². The Morgan fingerprint density at radius 3 is 2.56 bits per heavy atom. The lowest BCUT2D eigenvalue weighted by atomic mass is 10.1. The number of benzene rings is 1. The molecule has 0 fully saturated rings. The van der Waals surface area contributed by atoms with Gasteiger partial charge in [0.15, 0.2) is 11.7 Å². The fourth-order valence-electron chi connectivity index (χ4n) is 2.62. The molecule has 0 atom stereocenters. The van der Waals surface area contributed by atoms with Crippen molar-refractivity contribution >= 4 is 17.4 Å². The first-order chi connectivity index (χ1) is 12.9. The maximum atomic E-state index is 12.1. The van der Waals surface area contributed by atoms with Gasteiger partial charge in [0.2, 0.25) is 5.91 Å². The number of anilines is 2. The summed E-state index contributed by atoms with van der Waals surface area (Å²) in [5.74, 6) is 2.02. The Balaban J connectivity index is 1.56. The Labute approximate surface area is 159 Å². The van der Waals surface area contributed by atoms with Crippen molar-refractivity contribution in [2.45, 2.75) is 26.7 Å². The molecule has 140 valence electrons. The number of carbonyl (C=O) groups excluding carboxylic acids is 1. The second-order valence-corrected chi connectivity index (χ2v) is 6.76. The molecule has 0 saturated heterocycles. The summed E-state index contributed by atoms with van der Waals surface area (Å²) in [5, 5.41) is 2.84. The molecule has 0 aliphatic heterocycles. The summed E-state index contributed by atoms with van der Waals surface area (Å²) in [6.07, 6.45) is 4.10. The summed E-state index contributed by atoms with van der Waals surface area (Å²) in [7, 11) is 3.84. The molecular weight excluding hydrogens is 340 g/mol. The molecule has 6 nitrogen and oxygen atoms in total. The van der Waals surface area contributed by atoms with E-state index in [2.05, 4.69) is 41.3 Å². The normalized spacial score (nSPS) is 10.7. The first kappa shape index (κ1) is 18.6. The minimum absolute atomic E-state index is 0.0969. The van der Waals surface area contributed by atoms with Crippen LogP contribution in [0.1, 0.15) is 23.4 Å². The van der Waals surface area contributed by atoms with Gasteiger partial charge in [-0.3, -0.25) is 4.79 Å². The second kappa shape index (κ2) is 8.03. The van der Waals surface area contributed by atoms with E-state index in [1.54, 1.807) is 12.4 Å². The largest absolute Gasteiger partial charge is 0.441 e. The predicted molar refractivity (Wildman–Crippen MR) is 107 cm³/mol. The van der Waals surface area contributed by atoms with Gasteiger partial charge in [0.25, 0.3) is 0 Å². The third-order valence-corrected chi connectivity index (χ3v) is 4.40. The average molecular weight is 364 g/mol. The van der Waals surface area contributed by atoms with E-state index in [0.29, 0.717) is 24.4 Å². The van der Waals surface area contributed by atoms with Crippen LogP contribution in [0.2, 0.25) is 0 Å². The van der Waals surface area contributed by atoms with Crippen molar-refractivity contribution < 1.29 is 9.21 Å². The van der Waals surface area contributed by atoms with Crippen LogP contribution in [-0.2, 0) is 11.2 Å². The number of pyridine rings is 1. The quantitative estimate of drug-likeness (QED) is 0.716. The minimum Gasteiger partial charge on any atom is -0.441 e. The van der Waals surface area contributed by atoms with Gasteiger partial charge in [-0.2, -0.15) is 0 Å². The number of oxazole rings is 1. The van der Waals surface area contributed by atoms with Crippen LogP contribution in [0.3, 0.4) is 0 Å². The smallest absolute Gasteiger partial charge is 0.224 e. The van der Waals surface area contributed by atoms with Crippen molar-refractivity contribution in [1.29, 1.82) is 0 Å². The van der Waals surface area contributed by atoms with Crippen molar-refractivity contribution in [2.24, 2.45) is 0 Å². The zero-order valence-corrected chi connectivity index (χ0v) is 16.1. The fraction of sp³-hybridized carbons (Fsp3) is 0.286.